The molecule has 1 aromatic rings. The van der Waals surface area contributed by atoms with Crippen molar-refractivity contribution in [2.24, 2.45) is 4.99 Å². The van der Waals surface area contributed by atoms with Crippen LogP contribution in [0.15, 0.2) is 23.2 Å². The van der Waals surface area contributed by atoms with Crippen LogP contribution < -0.4 is 15.4 Å². The van der Waals surface area contributed by atoms with Crippen molar-refractivity contribution in [1.82, 2.24) is 10.6 Å². The van der Waals surface area contributed by atoms with Gasteiger partial charge in [0.1, 0.15) is 5.75 Å². The summed E-state index contributed by atoms with van der Waals surface area (Å²) in [7, 11) is 1.32. The number of rotatable bonds is 5. The van der Waals surface area contributed by atoms with E-state index in [9.17, 15) is 13.2 Å². The summed E-state index contributed by atoms with van der Waals surface area (Å²) < 4.78 is 44.1. The summed E-state index contributed by atoms with van der Waals surface area (Å²) in [6.07, 6.45) is 0.667. The molecule has 4 nitrogen and oxygen atoms in total. The molecule has 0 radical (unpaired) electrons. The molecule has 0 bridgehead atoms. The standard InChI is InChI=1S/C15H18F3N3O.HI/c1-4-8-20-14(19-5-2)21-10-11-6-7-12(22-3)9-13(11)15(16,17)18;/h1,6-7,9H,5,8,10H2,2-3H3,(H2,19,20,21);1H. The maximum absolute atomic E-state index is 13.1. The van der Waals surface area contributed by atoms with Gasteiger partial charge in [-0.25, -0.2) is 4.99 Å². The molecule has 0 aliphatic carbocycles. The van der Waals surface area contributed by atoms with Gasteiger partial charge in [0.15, 0.2) is 5.96 Å². The fourth-order valence-electron chi connectivity index (χ4n) is 1.73. The topological polar surface area (TPSA) is 45.7 Å². The number of benzene rings is 1. The highest BCUT2D eigenvalue weighted by Gasteiger charge is 2.33. The van der Waals surface area contributed by atoms with E-state index in [0.717, 1.165) is 6.07 Å². The predicted molar refractivity (Wildman–Crippen MR) is 95.1 cm³/mol. The molecule has 0 aliphatic heterocycles. The minimum absolute atomic E-state index is 0. The van der Waals surface area contributed by atoms with Gasteiger partial charge in [0, 0.05) is 6.54 Å². The zero-order valence-electron chi connectivity index (χ0n) is 12.8. The lowest BCUT2D eigenvalue weighted by Gasteiger charge is -2.14. The Hall–Kier alpha value is -1.63. The molecule has 0 spiro atoms. The first kappa shape index (κ1) is 21.4. The third-order valence-corrected chi connectivity index (χ3v) is 2.73. The predicted octanol–water partition coefficient (Wildman–Crippen LogP) is 3.02. The third-order valence-electron chi connectivity index (χ3n) is 2.73. The first-order chi connectivity index (χ1) is 10.4. The lowest BCUT2D eigenvalue weighted by atomic mass is 10.1. The zero-order valence-corrected chi connectivity index (χ0v) is 15.2. The summed E-state index contributed by atoms with van der Waals surface area (Å²) in [5.74, 6) is 2.89. The second-order valence-electron chi connectivity index (χ2n) is 4.27. The number of hydrogen-bond donors (Lipinski definition) is 2. The van der Waals surface area contributed by atoms with Crippen molar-refractivity contribution in [3.8, 4) is 18.1 Å². The molecular weight excluding hydrogens is 422 g/mol. The van der Waals surface area contributed by atoms with Crippen LogP contribution in [0.5, 0.6) is 5.75 Å². The Morgan fingerprint density at radius 2 is 2.04 bits per heavy atom. The third kappa shape index (κ3) is 6.99. The van der Waals surface area contributed by atoms with Gasteiger partial charge in [0.05, 0.1) is 25.8 Å². The molecule has 0 unspecified atom stereocenters. The summed E-state index contributed by atoms with van der Waals surface area (Å²) in [5.41, 5.74) is -0.699. The van der Waals surface area contributed by atoms with E-state index in [1.165, 1.54) is 19.2 Å². The number of guanidine groups is 1. The molecule has 0 aliphatic rings. The molecule has 2 N–H and O–H groups in total. The van der Waals surface area contributed by atoms with Crippen molar-refractivity contribution in [3.63, 3.8) is 0 Å². The maximum atomic E-state index is 13.1. The monoisotopic (exact) mass is 441 g/mol. The quantitative estimate of drug-likeness (QED) is 0.320. The van der Waals surface area contributed by atoms with Crippen molar-refractivity contribution < 1.29 is 17.9 Å². The average molecular weight is 441 g/mol. The summed E-state index contributed by atoms with van der Waals surface area (Å²) >= 11 is 0. The summed E-state index contributed by atoms with van der Waals surface area (Å²) in [6.45, 7) is 2.53. The normalized spacial score (nSPS) is 11.2. The van der Waals surface area contributed by atoms with Crippen LogP contribution in [0, 0.1) is 12.3 Å². The number of halogens is 4. The Labute approximate surface area is 150 Å². The van der Waals surface area contributed by atoms with Crippen molar-refractivity contribution in [1.29, 1.82) is 0 Å². The first-order valence-electron chi connectivity index (χ1n) is 6.62. The van der Waals surface area contributed by atoms with Crippen molar-refractivity contribution in [2.75, 3.05) is 20.2 Å². The zero-order chi connectivity index (χ0) is 16.6. The van der Waals surface area contributed by atoms with Gasteiger partial charge in [-0.1, -0.05) is 12.0 Å². The van der Waals surface area contributed by atoms with Gasteiger partial charge in [0.2, 0.25) is 0 Å². The van der Waals surface area contributed by atoms with E-state index in [1.807, 2.05) is 6.92 Å². The molecule has 0 atom stereocenters. The summed E-state index contributed by atoms with van der Waals surface area (Å²) in [4.78, 5) is 4.11. The van der Waals surface area contributed by atoms with Gasteiger partial charge < -0.3 is 15.4 Å². The van der Waals surface area contributed by atoms with Gasteiger partial charge in [-0.05, 0) is 24.6 Å². The van der Waals surface area contributed by atoms with Gasteiger partial charge >= 0.3 is 6.18 Å². The van der Waals surface area contributed by atoms with Crippen LogP contribution in [0.2, 0.25) is 0 Å². The number of alkyl halides is 3. The van der Waals surface area contributed by atoms with Gasteiger partial charge in [-0.3, -0.25) is 0 Å². The molecule has 0 aromatic heterocycles. The molecule has 0 saturated carbocycles. The Morgan fingerprint density at radius 1 is 1.35 bits per heavy atom. The van der Waals surface area contributed by atoms with E-state index in [4.69, 9.17) is 11.2 Å². The average Bonchev–Trinajstić information content (AvgIpc) is 2.49. The second kappa shape index (κ2) is 10.2. The Morgan fingerprint density at radius 3 is 2.57 bits per heavy atom. The number of aliphatic imine (C=N–C) groups is 1. The molecule has 23 heavy (non-hydrogen) atoms. The number of terminal acetylenes is 1. The van der Waals surface area contributed by atoms with Crippen molar-refractivity contribution in [2.45, 2.75) is 19.6 Å². The summed E-state index contributed by atoms with van der Waals surface area (Å²) in [6, 6.07) is 3.80. The van der Waals surface area contributed by atoms with Gasteiger partial charge in [0.25, 0.3) is 0 Å². The van der Waals surface area contributed by atoms with Gasteiger partial charge in [-0.15, -0.1) is 30.4 Å². The number of ether oxygens (including phenoxy) is 1. The lowest BCUT2D eigenvalue weighted by Crippen LogP contribution is -2.37. The fraction of sp³-hybridized carbons (Fsp3) is 0.400. The lowest BCUT2D eigenvalue weighted by molar-refractivity contribution is -0.138. The number of nitrogens with zero attached hydrogens (tertiary/aromatic N) is 1. The van der Waals surface area contributed by atoms with Crippen LogP contribution in [-0.2, 0) is 12.7 Å². The van der Waals surface area contributed by atoms with Crippen LogP contribution in [0.3, 0.4) is 0 Å². The molecule has 0 heterocycles. The van der Waals surface area contributed by atoms with Crippen LogP contribution >= 0.6 is 24.0 Å². The van der Waals surface area contributed by atoms with Crippen LogP contribution in [-0.4, -0.2) is 26.2 Å². The largest absolute Gasteiger partial charge is 0.497 e. The molecule has 8 heteroatoms. The smallest absolute Gasteiger partial charge is 0.416 e. The first-order valence-corrected chi connectivity index (χ1v) is 6.62. The molecule has 1 rings (SSSR count). The van der Waals surface area contributed by atoms with E-state index in [-0.39, 0.29) is 48.4 Å². The highest BCUT2D eigenvalue weighted by atomic mass is 127. The van der Waals surface area contributed by atoms with E-state index in [0.29, 0.717) is 12.5 Å². The highest BCUT2D eigenvalue weighted by molar-refractivity contribution is 14.0. The van der Waals surface area contributed by atoms with E-state index in [1.54, 1.807) is 0 Å². The molecule has 128 valence electrons. The van der Waals surface area contributed by atoms with Crippen LogP contribution in [0.4, 0.5) is 13.2 Å². The van der Waals surface area contributed by atoms with Gasteiger partial charge in [-0.2, -0.15) is 13.2 Å². The maximum Gasteiger partial charge on any atom is 0.416 e. The SMILES string of the molecule is C#CCNC(=NCc1ccc(OC)cc1C(F)(F)F)NCC.I. The minimum Gasteiger partial charge on any atom is -0.497 e. The molecule has 0 fully saturated rings. The Kier molecular flexibility index (Phi) is 9.48. The molecule has 0 saturated heterocycles. The van der Waals surface area contributed by atoms with Crippen LogP contribution in [0.1, 0.15) is 18.1 Å². The van der Waals surface area contributed by atoms with Crippen molar-refractivity contribution >= 4 is 29.9 Å². The number of methoxy groups -OCH3 is 1. The van der Waals surface area contributed by atoms with Crippen LogP contribution in [0.25, 0.3) is 0 Å². The Balaban J connectivity index is 0.00000484. The minimum atomic E-state index is -4.47. The molecule has 1 aromatic carbocycles. The Bertz CT molecular complexity index is 568. The number of nitrogens with one attached hydrogen (secondary N) is 2. The number of hydrogen-bond acceptors (Lipinski definition) is 2. The van der Waals surface area contributed by atoms with E-state index < -0.39 is 11.7 Å². The highest BCUT2D eigenvalue weighted by Crippen LogP contribution is 2.34. The second-order valence-corrected chi connectivity index (χ2v) is 4.27. The molecular formula is C15H19F3IN3O. The van der Waals surface area contributed by atoms with E-state index >= 15 is 0 Å². The molecule has 0 amide bonds. The van der Waals surface area contributed by atoms with Crippen molar-refractivity contribution in [3.05, 3.63) is 29.3 Å². The fourth-order valence-corrected chi connectivity index (χ4v) is 1.73. The summed E-state index contributed by atoms with van der Waals surface area (Å²) in [5, 5.41) is 5.72. The van der Waals surface area contributed by atoms with E-state index in [2.05, 4.69) is 21.5 Å².